The van der Waals surface area contributed by atoms with Crippen LogP contribution >= 0.6 is 11.6 Å². The molecule has 0 amide bonds. The van der Waals surface area contributed by atoms with Gasteiger partial charge in [0.05, 0.1) is 28.6 Å². The average Bonchev–Trinajstić information content (AvgIpc) is 2.87. The minimum Gasteiger partial charge on any atom is -0.272 e. The Labute approximate surface area is 123 Å². The first-order valence-corrected chi connectivity index (χ1v) is 7.06. The van der Waals surface area contributed by atoms with Crippen molar-refractivity contribution < 1.29 is 0 Å². The monoisotopic (exact) mass is 296 g/mol. The fourth-order valence-electron chi connectivity index (χ4n) is 2.56. The van der Waals surface area contributed by atoms with Gasteiger partial charge in [-0.3, -0.25) is 15.2 Å². The van der Waals surface area contributed by atoms with Crippen LogP contribution in [0.2, 0.25) is 5.02 Å². The van der Waals surface area contributed by atoms with Gasteiger partial charge >= 0.3 is 0 Å². The molecule has 0 aromatic carbocycles. The van der Waals surface area contributed by atoms with Crippen LogP contribution in [0.25, 0.3) is 0 Å². The molecule has 7 heteroatoms. The van der Waals surface area contributed by atoms with Crippen LogP contribution in [0.1, 0.15) is 42.0 Å². The molecule has 20 heavy (non-hydrogen) atoms. The smallest absolute Gasteiger partial charge is 0.0929 e. The van der Waals surface area contributed by atoms with E-state index in [1.54, 1.807) is 6.20 Å². The molecule has 110 valence electrons. The van der Waals surface area contributed by atoms with E-state index in [0.717, 1.165) is 35.6 Å². The van der Waals surface area contributed by atoms with Gasteiger partial charge in [-0.1, -0.05) is 18.5 Å². The van der Waals surface area contributed by atoms with Crippen molar-refractivity contribution in [3.63, 3.8) is 0 Å². The summed E-state index contributed by atoms with van der Waals surface area (Å²) in [4.78, 5) is 0. The second-order valence-electron chi connectivity index (χ2n) is 4.91. The molecule has 1 atom stereocenters. The number of halogens is 1. The van der Waals surface area contributed by atoms with Crippen LogP contribution in [0.3, 0.4) is 0 Å². The fraction of sp³-hybridized carbons (Fsp3) is 0.538. The second kappa shape index (κ2) is 5.95. The van der Waals surface area contributed by atoms with Crippen molar-refractivity contribution in [3.8, 4) is 0 Å². The van der Waals surface area contributed by atoms with Gasteiger partial charge in [0.1, 0.15) is 0 Å². The van der Waals surface area contributed by atoms with E-state index in [-0.39, 0.29) is 6.04 Å². The van der Waals surface area contributed by atoms with Crippen molar-refractivity contribution in [1.29, 1.82) is 0 Å². The van der Waals surface area contributed by atoms with E-state index in [4.69, 9.17) is 17.4 Å². The first kappa shape index (κ1) is 15.0. The first-order valence-electron chi connectivity index (χ1n) is 6.68. The van der Waals surface area contributed by atoms with E-state index in [0.29, 0.717) is 5.02 Å². The Morgan fingerprint density at radius 1 is 1.45 bits per heavy atom. The number of aromatic nitrogens is 4. The molecule has 0 aliphatic carbocycles. The zero-order valence-electron chi connectivity index (χ0n) is 12.3. The molecule has 2 rings (SSSR count). The number of hydrogen-bond acceptors (Lipinski definition) is 4. The molecule has 0 aliphatic rings. The van der Waals surface area contributed by atoms with E-state index >= 15 is 0 Å². The van der Waals surface area contributed by atoms with Crippen LogP contribution in [0.4, 0.5) is 0 Å². The number of aryl methyl sites for hydroxylation is 3. The second-order valence-corrected chi connectivity index (χ2v) is 5.32. The average molecular weight is 297 g/mol. The van der Waals surface area contributed by atoms with Gasteiger partial charge in [0.15, 0.2) is 0 Å². The van der Waals surface area contributed by atoms with Gasteiger partial charge < -0.3 is 0 Å². The molecular weight excluding hydrogens is 276 g/mol. The molecule has 6 nitrogen and oxygen atoms in total. The summed E-state index contributed by atoms with van der Waals surface area (Å²) in [6.45, 7) is 6.90. The largest absolute Gasteiger partial charge is 0.272 e. The molecule has 1 unspecified atom stereocenters. The Hall–Kier alpha value is -1.37. The summed E-state index contributed by atoms with van der Waals surface area (Å²) in [6.07, 6.45) is 2.64. The van der Waals surface area contributed by atoms with Crippen molar-refractivity contribution in [2.24, 2.45) is 12.9 Å². The Morgan fingerprint density at radius 2 is 2.15 bits per heavy atom. The van der Waals surface area contributed by atoms with Gasteiger partial charge in [-0.15, -0.1) is 0 Å². The number of nitrogens with zero attached hydrogens (tertiary/aromatic N) is 4. The van der Waals surface area contributed by atoms with Gasteiger partial charge in [0, 0.05) is 24.8 Å². The Morgan fingerprint density at radius 3 is 2.65 bits per heavy atom. The summed E-state index contributed by atoms with van der Waals surface area (Å²) >= 11 is 6.31. The highest BCUT2D eigenvalue weighted by molar-refractivity contribution is 6.31. The van der Waals surface area contributed by atoms with Gasteiger partial charge in [-0.2, -0.15) is 10.2 Å². The van der Waals surface area contributed by atoms with Crippen molar-refractivity contribution in [2.45, 2.75) is 39.8 Å². The van der Waals surface area contributed by atoms with Crippen LogP contribution in [-0.2, 0) is 13.6 Å². The van der Waals surface area contributed by atoms with Crippen LogP contribution in [0.15, 0.2) is 6.20 Å². The zero-order valence-corrected chi connectivity index (χ0v) is 13.1. The number of rotatable bonds is 5. The first-order chi connectivity index (χ1) is 9.51. The van der Waals surface area contributed by atoms with Gasteiger partial charge in [0.25, 0.3) is 0 Å². The van der Waals surface area contributed by atoms with Gasteiger partial charge in [0.2, 0.25) is 0 Å². The molecule has 2 heterocycles. The van der Waals surface area contributed by atoms with Crippen molar-refractivity contribution in [3.05, 3.63) is 33.9 Å². The summed E-state index contributed by atoms with van der Waals surface area (Å²) in [7, 11) is 1.92. The standard InChI is InChI=1S/C13H21ClN6/c1-5-6-20-13(10(14)7-16-20)12(17-15)11-8(2)18-19(4)9(11)3/h7,12,17H,5-6,15H2,1-4H3. The van der Waals surface area contributed by atoms with Crippen LogP contribution in [-0.4, -0.2) is 19.6 Å². The number of nitrogens with two attached hydrogens (primary N) is 1. The van der Waals surface area contributed by atoms with E-state index in [1.165, 1.54) is 0 Å². The summed E-state index contributed by atoms with van der Waals surface area (Å²) < 4.78 is 3.75. The molecule has 0 aliphatic heterocycles. The predicted octanol–water partition coefficient (Wildman–Crippen LogP) is 1.85. The third kappa shape index (κ3) is 2.46. The normalized spacial score (nSPS) is 12.9. The van der Waals surface area contributed by atoms with Gasteiger partial charge in [-0.25, -0.2) is 5.43 Å². The minimum atomic E-state index is -0.217. The minimum absolute atomic E-state index is 0.217. The maximum Gasteiger partial charge on any atom is 0.0929 e. The maximum absolute atomic E-state index is 6.31. The van der Waals surface area contributed by atoms with E-state index in [2.05, 4.69) is 22.5 Å². The van der Waals surface area contributed by atoms with E-state index in [9.17, 15) is 0 Å². The van der Waals surface area contributed by atoms with Crippen LogP contribution in [0, 0.1) is 13.8 Å². The summed E-state index contributed by atoms with van der Waals surface area (Å²) in [5, 5.41) is 9.39. The molecule has 0 fully saturated rings. The molecule has 3 N–H and O–H groups in total. The SMILES string of the molecule is CCCn1ncc(Cl)c1C(NN)c1c(C)nn(C)c1C. The van der Waals surface area contributed by atoms with Crippen LogP contribution in [0.5, 0.6) is 0 Å². The lowest BCUT2D eigenvalue weighted by molar-refractivity contribution is 0.518. The van der Waals surface area contributed by atoms with Crippen molar-refractivity contribution >= 4 is 11.6 Å². The molecule has 2 aromatic heterocycles. The Kier molecular flexibility index (Phi) is 4.47. The third-order valence-corrected chi connectivity index (χ3v) is 3.85. The van der Waals surface area contributed by atoms with Crippen molar-refractivity contribution in [1.82, 2.24) is 25.0 Å². The Balaban J connectivity index is 2.55. The lowest BCUT2D eigenvalue weighted by Crippen LogP contribution is -2.31. The molecule has 0 spiro atoms. The predicted molar refractivity (Wildman–Crippen MR) is 79.4 cm³/mol. The van der Waals surface area contributed by atoms with Crippen LogP contribution < -0.4 is 11.3 Å². The molecule has 0 radical (unpaired) electrons. The lowest BCUT2D eigenvalue weighted by atomic mass is 10.0. The highest BCUT2D eigenvalue weighted by Gasteiger charge is 2.26. The summed E-state index contributed by atoms with van der Waals surface area (Å²) in [6, 6.07) is -0.217. The summed E-state index contributed by atoms with van der Waals surface area (Å²) in [5.74, 6) is 5.79. The molecule has 2 aromatic rings. The highest BCUT2D eigenvalue weighted by Crippen LogP contribution is 2.31. The molecule has 0 saturated heterocycles. The zero-order chi connectivity index (χ0) is 14.9. The molecule has 0 saturated carbocycles. The Bertz CT molecular complexity index is 600. The lowest BCUT2D eigenvalue weighted by Gasteiger charge is -2.19. The maximum atomic E-state index is 6.31. The fourth-order valence-corrected chi connectivity index (χ4v) is 2.81. The van der Waals surface area contributed by atoms with Gasteiger partial charge in [-0.05, 0) is 20.3 Å². The van der Waals surface area contributed by atoms with E-state index < -0.39 is 0 Å². The van der Waals surface area contributed by atoms with E-state index in [1.807, 2.05) is 30.3 Å². The van der Waals surface area contributed by atoms with Crippen molar-refractivity contribution in [2.75, 3.05) is 0 Å². The topological polar surface area (TPSA) is 73.7 Å². The third-order valence-electron chi connectivity index (χ3n) is 3.56. The molecular formula is C13H21ClN6. The number of nitrogens with one attached hydrogen (secondary N) is 1. The highest BCUT2D eigenvalue weighted by atomic mass is 35.5. The summed E-state index contributed by atoms with van der Waals surface area (Å²) in [5.41, 5.74) is 6.79. The number of hydrogen-bond donors (Lipinski definition) is 2. The molecule has 0 bridgehead atoms. The number of hydrazine groups is 1. The quantitative estimate of drug-likeness (QED) is 0.652.